The highest BCUT2D eigenvalue weighted by Crippen LogP contribution is 2.34. The molecule has 0 aromatic heterocycles. The van der Waals surface area contributed by atoms with Crippen molar-refractivity contribution in [1.82, 2.24) is 10.6 Å². The Labute approximate surface area is 97.8 Å². The van der Waals surface area contributed by atoms with Gasteiger partial charge in [-0.3, -0.25) is 4.79 Å². The van der Waals surface area contributed by atoms with Gasteiger partial charge in [-0.15, -0.1) is 0 Å². The summed E-state index contributed by atoms with van der Waals surface area (Å²) in [4.78, 5) is 12.3. The summed E-state index contributed by atoms with van der Waals surface area (Å²) in [6.45, 7) is 7.82. The first-order chi connectivity index (χ1) is 7.56. The first-order valence-corrected chi connectivity index (χ1v) is 6.19. The Kier molecular flexibility index (Phi) is 4.74. The van der Waals surface area contributed by atoms with E-state index in [4.69, 9.17) is 5.11 Å². The average molecular weight is 228 g/mol. The lowest BCUT2D eigenvalue weighted by Gasteiger charge is -2.32. The highest BCUT2D eigenvalue weighted by atomic mass is 16.3. The van der Waals surface area contributed by atoms with Crippen LogP contribution in [-0.4, -0.2) is 36.8 Å². The molecule has 0 aliphatic carbocycles. The van der Waals surface area contributed by atoms with Crippen LogP contribution >= 0.6 is 0 Å². The molecule has 0 saturated carbocycles. The molecule has 94 valence electrons. The SMILES string of the molecule is CC[C@H](CO)NC(=O)C1(C(C)C)CCNC1. The summed E-state index contributed by atoms with van der Waals surface area (Å²) < 4.78 is 0. The van der Waals surface area contributed by atoms with Crippen LogP contribution in [0.1, 0.15) is 33.6 Å². The Morgan fingerprint density at radius 3 is 2.62 bits per heavy atom. The van der Waals surface area contributed by atoms with Gasteiger partial charge in [0.15, 0.2) is 0 Å². The van der Waals surface area contributed by atoms with Crippen LogP contribution in [0.2, 0.25) is 0 Å². The molecule has 3 N–H and O–H groups in total. The van der Waals surface area contributed by atoms with Crippen LogP contribution in [0.3, 0.4) is 0 Å². The minimum Gasteiger partial charge on any atom is -0.394 e. The third kappa shape index (κ3) is 2.55. The highest BCUT2D eigenvalue weighted by molar-refractivity contribution is 5.83. The van der Waals surface area contributed by atoms with Gasteiger partial charge in [-0.2, -0.15) is 0 Å². The maximum atomic E-state index is 12.3. The fourth-order valence-electron chi connectivity index (χ4n) is 2.27. The van der Waals surface area contributed by atoms with E-state index in [2.05, 4.69) is 24.5 Å². The van der Waals surface area contributed by atoms with Gasteiger partial charge in [0, 0.05) is 6.54 Å². The lowest BCUT2D eigenvalue weighted by Crippen LogP contribution is -2.50. The Morgan fingerprint density at radius 2 is 2.25 bits per heavy atom. The van der Waals surface area contributed by atoms with E-state index in [1.165, 1.54) is 0 Å². The van der Waals surface area contributed by atoms with Crippen LogP contribution < -0.4 is 10.6 Å². The fourth-order valence-corrected chi connectivity index (χ4v) is 2.27. The van der Waals surface area contributed by atoms with E-state index in [-0.39, 0.29) is 24.0 Å². The predicted octanol–water partition coefficient (Wildman–Crippen LogP) is 0.509. The summed E-state index contributed by atoms with van der Waals surface area (Å²) in [5.41, 5.74) is -0.289. The Hall–Kier alpha value is -0.610. The monoisotopic (exact) mass is 228 g/mol. The third-order valence-electron chi connectivity index (χ3n) is 3.79. The lowest BCUT2D eigenvalue weighted by atomic mass is 9.75. The Balaban J connectivity index is 2.69. The maximum absolute atomic E-state index is 12.3. The van der Waals surface area contributed by atoms with E-state index >= 15 is 0 Å². The van der Waals surface area contributed by atoms with Crippen LogP contribution in [-0.2, 0) is 4.79 Å². The topological polar surface area (TPSA) is 61.4 Å². The molecular weight excluding hydrogens is 204 g/mol. The summed E-state index contributed by atoms with van der Waals surface area (Å²) >= 11 is 0. The molecule has 1 heterocycles. The van der Waals surface area contributed by atoms with Gasteiger partial charge in [0.2, 0.25) is 5.91 Å². The molecule has 0 aromatic rings. The van der Waals surface area contributed by atoms with Gasteiger partial charge < -0.3 is 15.7 Å². The molecule has 0 radical (unpaired) electrons. The number of hydrogen-bond donors (Lipinski definition) is 3. The molecule has 0 aromatic carbocycles. The molecule has 0 spiro atoms. The second-order valence-corrected chi connectivity index (χ2v) is 5.00. The van der Waals surface area contributed by atoms with Gasteiger partial charge >= 0.3 is 0 Å². The zero-order valence-corrected chi connectivity index (χ0v) is 10.5. The van der Waals surface area contributed by atoms with Crippen molar-refractivity contribution < 1.29 is 9.90 Å². The largest absolute Gasteiger partial charge is 0.394 e. The molecule has 1 unspecified atom stereocenters. The molecule has 16 heavy (non-hydrogen) atoms. The number of nitrogens with one attached hydrogen (secondary N) is 2. The summed E-state index contributed by atoms with van der Waals surface area (Å²) in [5, 5.41) is 15.3. The number of amides is 1. The number of aliphatic hydroxyl groups excluding tert-OH is 1. The second-order valence-electron chi connectivity index (χ2n) is 5.00. The smallest absolute Gasteiger partial charge is 0.228 e. The van der Waals surface area contributed by atoms with E-state index < -0.39 is 0 Å². The zero-order chi connectivity index (χ0) is 12.2. The summed E-state index contributed by atoms with van der Waals surface area (Å²) in [6, 6.07) is -0.108. The van der Waals surface area contributed by atoms with Crippen molar-refractivity contribution in [2.45, 2.75) is 39.7 Å². The van der Waals surface area contributed by atoms with Crippen molar-refractivity contribution in [2.24, 2.45) is 11.3 Å². The first kappa shape index (κ1) is 13.5. The molecule has 1 rings (SSSR count). The van der Waals surface area contributed by atoms with E-state index in [0.717, 1.165) is 25.9 Å². The number of carbonyl (C=O) groups excluding carboxylic acids is 1. The van der Waals surface area contributed by atoms with Gasteiger partial charge in [-0.25, -0.2) is 0 Å². The first-order valence-electron chi connectivity index (χ1n) is 6.19. The molecule has 2 atom stereocenters. The van der Waals surface area contributed by atoms with Crippen molar-refractivity contribution in [2.75, 3.05) is 19.7 Å². The molecule has 0 bridgehead atoms. The van der Waals surface area contributed by atoms with Crippen molar-refractivity contribution in [3.05, 3.63) is 0 Å². The molecule has 1 amide bonds. The predicted molar refractivity (Wildman–Crippen MR) is 64.1 cm³/mol. The van der Waals surface area contributed by atoms with Crippen LogP contribution in [0.4, 0.5) is 0 Å². The van der Waals surface area contributed by atoms with E-state index in [1.54, 1.807) is 0 Å². The zero-order valence-electron chi connectivity index (χ0n) is 10.5. The number of carbonyl (C=O) groups is 1. The minimum absolute atomic E-state index is 0.0177. The van der Waals surface area contributed by atoms with Gasteiger partial charge in [0.05, 0.1) is 18.1 Å². The normalized spacial score (nSPS) is 27.1. The standard InChI is InChI=1S/C12H24N2O2/c1-4-10(7-15)14-11(16)12(9(2)3)5-6-13-8-12/h9-10,13,15H,4-8H2,1-3H3,(H,14,16)/t10-,12?/m1/s1. The molecule has 4 nitrogen and oxygen atoms in total. The number of aliphatic hydroxyl groups is 1. The summed E-state index contributed by atoms with van der Waals surface area (Å²) in [7, 11) is 0. The maximum Gasteiger partial charge on any atom is 0.228 e. The van der Waals surface area contributed by atoms with Crippen LogP contribution in [0.5, 0.6) is 0 Å². The van der Waals surface area contributed by atoms with Crippen LogP contribution in [0.25, 0.3) is 0 Å². The minimum atomic E-state index is -0.289. The van der Waals surface area contributed by atoms with Gasteiger partial charge in [-0.05, 0) is 25.3 Å². The van der Waals surface area contributed by atoms with E-state index in [0.29, 0.717) is 5.92 Å². The molecule has 1 aliphatic heterocycles. The Bertz CT molecular complexity index is 231. The molecule has 1 fully saturated rings. The molecule has 1 aliphatic rings. The van der Waals surface area contributed by atoms with E-state index in [9.17, 15) is 4.79 Å². The van der Waals surface area contributed by atoms with Crippen molar-refractivity contribution in [3.8, 4) is 0 Å². The van der Waals surface area contributed by atoms with Crippen molar-refractivity contribution >= 4 is 5.91 Å². The number of hydrogen-bond acceptors (Lipinski definition) is 3. The van der Waals surface area contributed by atoms with Crippen molar-refractivity contribution in [1.29, 1.82) is 0 Å². The van der Waals surface area contributed by atoms with Crippen LogP contribution in [0, 0.1) is 11.3 Å². The molecule has 4 heteroatoms. The fraction of sp³-hybridized carbons (Fsp3) is 0.917. The summed E-state index contributed by atoms with van der Waals surface area (Å²) in [6.07, 6.45) is 1.65. The second kappa shape index (κ2) is 5.64. The summed E-state index contributed by atoms with van der Waals surface area (Å²) in [5.74, 6) is 0.409. The number of rotatable bonds is 5. The molecular formula is C12H24N2O2. The van der Waals surface area contributed by atoms with Crippen molar-refractivity contribution in [3.63, 3.8) is 0 Å². The highest BCUT2D eigenvalue weighted by Gasteiger charge is 2.44. The van der Waals surface area contributed by atoms with Gasteiger partial charge in [-0.1, -0.05) is 20.8 Å². The van der Waals surface area contributed by atoms with Crippen LogP contribution in [0.15, 0.2) is 0 Å². The molecule has 1 saturated heterocycles. The Morgan fingerprint density at radius 1 is 1.56 bits per heavy atom. The lowest BCUT2D eigenvalue weighted by molar-refractivity contribution is -0.133. The average Bonchev–Trinajstić information content (AvgIpc) is 2.75. The quantitative estimate of drug-likeness (QED) is 0.642. The third-order valence-corrected chi connectivity index (χ3v) is 3.79. The van der Waals surface area contributed by atoms with Gasteiger partial charge in [0.25, 0.3) is 0 Å². The van der Waals surface area contributed by atoms with E-state index in [1.807, 2.05) is 6.92 Å². The van der Waals surface area contributed by atoms with Gasteiger partial charge in [0.1, 0.15) is 0 Å².